The predicted octanol–water partition coefficient (Wildman–Crippen LogP) is 2.14. The first-order chi connectivity index (χ1) is 7.20. The zero-order valence-corrected chi connectivity index (χ0v) is 9.41. The maximum atomic E-state index is 11.6. The van der Waals surface area contributed by atoms with E-state index in [9.17, 15) is 4.79 Å². The Kier molecular flexibility index (Phi) is 4.31. The van der Waals surface area contributed by atoms with Crippen LogP contribution in [0.5, 0.6) is 0 Å². The van der Waals surface area contributed by atoms with Crippen LogP contribution in [0.15, 0.2) is 24.3 Å². The van der Waals surface area contributed by atoms with Crippen LogP contribution in [0.4, 0.5) is 0 Å². The second kappa shape index (κ2) is 5.51. The van der Waals surface area contributed by atoms with E-state index in [-0.39, 0.29) is 12.0 Å². The smallest absolute Gasteiger partial charge is 0.338 e. The lowest BCUT2D eigenvalue weighted by atomic mass is 10.0. The van der Waals surface area contributed by atoms with E-state index in [0.717, 1.165) is 5.56 Å². The highest BCUT2D eigenvalue weighted by atomic mass is 16.5. The molecule has 1 aromatic carbocycles. The van der Waals surface area contributed by atoms with Crippen LogP contribution in [-0.4, -0.2) is 19.6 Å². The van der Waals surface area contributed by atoms with Gasteiger partial charge in [0.2, 0.25) is 0 Å². The van der Waals surface area contributed by atoms with E-state index in [1.165, 1.54) is 0 Å². The van der Waals surface area contributed by atoms with Gasteiger partial charge in [0, 0.05) is 6.04 Å². The second-order valence-electron chi connectivity index (χ2n) is 3.32. The molecule has 3 heteroatoms. The van der Waals surface area contributed by atoms with Gasteiger partial charge in [-0.1, -0.05) is 18.2 Å². The van der Waals surface area contributed by atoms with Crippen LogP contribution in [-0.2, 0) is 4.74 Å². The Morgan fingerprint density at radius 3 is 2.73 bits per heavy atom. The van der Waals surface area contributed by atoms with Gasteiger partial charge in [-0.2, -0.15) is 0 Å². The van der Waals surface area contributed by atoms with E-state index >= 15 is 0 Å². The van der Waals surface area contributed by atoms with Gasteiger partial charge in [-0.3, -0.25) is 0 Å². The molecule has 1 atom stereocenters. The maximum Gasteiger partial charge on any atom is 0.338 e. The van der Waals surface area contributed by atoms with Crippen LogP contribution in [0.25, 0.3) is 0 Å². The first-order valence-electron chi connectivity index (χ1n) is 5.14. The number of carbonyl (C=O) groups excluding carboxylic acids is 1. The molecule has 15 heavy (non-hydrogen) atoms. The molecular formula is C12H17NO2. The van der Waals surface area contributed by atoms with Crippen molar-refractivity contribution in [3.05, 3.63) is 35.4 Å². The van der Waals surface area contributed by atoms with E-state index in [1.807, 2.05) is 39.1 Å². The van der Waals surface area contributed by atoms with E-state index in [0.29, 0.717) is 12.2 Å². The van der Waals surface area contributed by atoms with Crippen LogP contribution >= 0.6 is 0 Å². The topological polar surface area (TPSA) is 38.3 Å². The second-order valence-corrected chi connectivity index (χ2v) is 3.32. The highest BCUT2D eigenvalue weighted by Gasteiger charge is 2.14. The third-order valence-electron chi connectivity index (χ3n) is 2.36. The highest BCUT2D eigenvalue weighted by molar-refractivity contribution is 5.91. The van der Waals surface area contributed by atoms with Gasteiger partial charge in [-0.05, 0) is 32.5 Å². The quantitative estimate of drug-likeness (QED) is 0.769. The van der Waals surface area contributed by atoms with Crippen LogP contribution in [0.2, 0.25) is 0 Å². The lowest BCUT2D eigenvalue weighted by molar-refractivity contribution is 0.0524. The van der Waals surface area contributed by atoms with Gasteiger partial charge < -0.3 is 10.1 Å². The Morgan fingerprint density at radius 1 is 1.47 bits per heavy atom. The maximum absolute atomic E-state index is 11.6. The average molecular weight is 207 g/mol. The molecule has 3 nitrogen and oxygen atoms in total. The molecule has 0 amide bonds. The van der Waals surface area contributed by atoms with Crippen molar-refractivity contribution < 1.29 is 9.53 Å². The summed E-state index contributed by atoms with van der Waals surface area (Å²) in [5.41, 5.74) is 1.61. The standard InChI is InChI=1S/C12H17NO2/c1-4-15-12(14)11-8-6-5-7-10(11)9(2)13-3/h5-9,13H,4H2,1-3H3/t9-/m0/s1. The number of carbonyl (C=O) groups is 1. The number of nitrogens with one attached hydrogen (secondary N) is 1. The number of hydrogen-bond acceptors (Lipinski definition) is 3. The van der Waals surface area contributed by atoms with Crippen molar-refractivity contribution in [1.29, 1.82) is 0 Å². The van der Waals surface area contributed by atoms with Gasteiger partial charge in [-0.15, -0.1) is 0 Å². The Bertz CT molecular complexity index is 336. The van der Waals surface area contributed by atoms with Crippen LogP contribution < -0.4 is 5.32 Å². The SMILES string of the molecule is CCOC(=O)c1ccccc1[C@H](C)NC. The minimum absolute atomic E-state index is 0.144. The first-order valence-corrected chi connectivity index (χ1v) is 5.14. The van der Waals surface area contributed by atoms with Crippen molar-refractivity contribution in [2.45, 2.75) is 19.9 Å². The fourth-order valence-electron chi connectivity index (χ4n) is 1.42. The van der Waals surface area contributed by atoms with Crippen LogP contribution in [0, 0.1) is 0 Å². The summed E-state index contributed by atoms with van der Waals surface area (Å²) in [5.74, 6) is -0.254. The van der Waals surface area contributed by atoms with Gasteiger partial charge in [0.1, 0.15) is 0 Å². The predicted molar refractivity (Wildman–Crippen MR) is 59.9 cm³/mol. The lowest BCUT2D eigenvalue weighted by Crippen LogP contribution is -2.17. The van der Waals surface area contributed by atoms with E-state index in [4.69, 9.17) is 4.74 Å². The fraction of sp³-hybridized carbons (Fsp3) is 0.417. The molecule has 1 rings (SSSR count). The molecule has 0 aliphatic rings. The molecule has 0 heterocycles. The molecule has 0 aromatic heterocycles. The molecular weight excluding hydrogens is 190 g/mol. The minimum atomic E-state index is -0.254. The van der Waals surface area contributed by atoms with Crippen LogP contribution in [0.3, 0.4) is 0 Å². The Hall–Kier alpha value is -1.35. The van der Waals surface area contributed by atoms with Crippen molar-refractivity contribution in [2.75, 3.05) is 13.7 Å². The van der Waals surface area contributed by atoms with E-state index in [2.05, 4.69) is 5.32 Å². The minimum Gasteiger partial charge on any atom is -0.462 e. The van der Waals surface area contributed by atoms with Gasteiger partial charge >= 0.3 is 5.97 Å². The number of esters is 1. The molecule has 0 bridgehead atoms. The van der Waals surface area contributed by atoms with Gasteiger partial charge in [0.25, 0.3) is 0 Å². The molecule has 0 unspecified atom stereocenters. The number of benzene rings is 1. The summed E-state index contributed by atoms with van der Waals surface area (Å²) in [4.78, 5) is 11.6. The van der Waals surface area contributed by atoms with Crippen LogP contribution in [0.1, 0.15) is 35.8 Å². The molecule has 82 valence electrons. The molecule has 1 aromatic rings. The zero-order valence-electron chi connectivity index (χ0n) is 9.41. The fourth-order valence-corrected chi connectivity index (χ4v) is 1.42. The third-order valence-corrected chi connectivity index (χ3v) is 2.36. The van der Waals surface area contributed by atoms with Gasteiger partial charge in [-0.25, -0.2) is 4.79 Å². The molecule has 0 aliphatic carbocycles. The largest absolute Gasteiger partial charge is 0.462 e. The van der Waals surface area contributed by atoms with Crippen molar-refractivity contribution in [1.82, 2.24) is 5.32 Å². The molecule has 1 N–H and O–H groups in total. The normalized spacial score (nSPS) is 12.2. The first kappa shape index (κ1) is 11.7. The average Bonchev–Trinajstić information content (AvgIpc) is 2.28. The van der Waals surface area contributed by atoms with Crippen molar-refractivity contribution >= 4 is 5.97 Å². The van der Waals surface area contributed by atoms with E-state index < -0.39 is 0 Å². The van der Waals surface area contributed by atoms with Gasteiger partial charge in [0.15, 0.2) is 0 Å². The zero-order chi connectivity index (χ0) is 11.3. The van der Waals surface area contributed by atoms with Crippen molar-refractivity contribution in [2.24, 2.45) is 0 Å². The summed E-state index contributed by atoms with van der Waals surface area (Å²) in [6, 6.07) is 7.64. The number of hydrogen-bond donors (Lipinski definition) is 1. The molecule has 0 saturated heterocycles. The lowest BCUT2D eigenvalue weighted by Gasteiger charge is -2.14. The van der Waals surface area contributed by atoms with Crippen molar-refractivity contribution in [3.63, 3.8) is 0 Å². The summed E-state index contributed by atoms with van der Waals surface area (Å²) in [6.45, 7) is 4.22. The number of ether oxygens (including phenoxy) is 1. The molecule has 0 saturated carbocycles. The van der Waals surface area contributed by atoms with Gasteiger partial charge in [0.05, 0.1) is 12.2 Å². The molecule has 0 fully saturated rings. The summed E-state index contributed by atoms with van der Waals surface area (Å²) < 4.78 is 5.00. The summed E-state index contributed by atoms with van der Waals surface area (Å²) in [6.07, 6.45) is 0. The summed E-state index contributed by atoms with van der Waals surface area (Å²) in [7, 11) is 1.87. The Balaban J connectivity index is 3.00. The third kappa shape index (κ3) is 2.80. The summed E-state index contributed by atoms with van der Waals surface area (Å²) in [5, 5.41) is 3.11. The Labute approximate surface area is 90.4 Å². The highest BCUT2D eigenvalue weighted by Crippen LogP contribution is 2.17. The summed E-state index contributed by atoms with van der Waals surface area (Å²) >= 11 is 0. The van der Waals surface area contributed by atoms with E-state index in [1.54, 1.807) is 6.07 Å². The van der Waals surface area contributed by atoms with Crippen molar-refractivity contribution in [3.8, 4) is 0 Å². The molecule has 0 radical (unpaired) electrons. The monoisotopic (exact) mass is 207 g/mol. The number of rotatable bonds is 4. The molecule has 0 spiro atoms. The molecule has 0 aliphatic heterocycles. The Morgan fingerprint density at radius 2 is 2.13 bits per heavy atom.